The molecule has 1 saturated heterocycles. The van der Waals surface area contributed by atoms with Crippen LogP contribution < -0.4 is 0 Å². The lowest BCUT2D eigenvalue weighted by atomic mass is 9.86. The highest BCUT2D eigenvalue weighted by Crippen LogP contribution is 2.30. The molecule has 1 unspecified atom stereocenters. The van der Waals surface area contributed by atoms with Crippen LogP contribution in [0.15, 0.2) is 43.3 Å². The van der Waals surface area contributed by atoms with E-state index in [2.05, 4.69) is 63.4 Å². The Kier molecular flexibility index (Phi) is 10.3. The van der Waals surface area contributed by atoms with Gasteiger partial charge >= 0.3 is 0 Å². The molecule has 0 spiro atoms. The van der Waals surface area contributed by atoms with Crippen molar-refractivity contribution in [1.82, 2.24) is 14.8 Å². The molecule has 2 aromatic rings. The lowest BCUT2D eigenvalue weighted by Crippen LogP contribution is -2.41. The third kappa shape index (κ3) is 7.06. The molecule has 1 atom stereocenters. The number of piperidine rings is 1. The van der Waals surface area contributed by atoms with E-state index in [-0.39, 0.29) is 11.7 Å². The summed E-state index contributed by atoms with van der Waals surface area (Å²) in [7, 11) is 2.20. The first kappa shape index (κ1) is 28.1. The molecule has 4 heteroatoms. The number of aromatic nitrogens is 1. The van der Waals surface area contributed by atoms with E-state index in [1.807, 2.05) is 25.3 Å². The second-order valence-corrected chi connectivity index (χ2v) is 10.7. The van der Waals surface area contributed by atoms with Gasteiger partial charge in [0.05, 0.1) is 0 Å². The highest BCUT2D eigenvalue weighted by molar-refractivity contribution is 5.73. The minimum absolute atomic E-state index is 0.127. The average Bonchev–Trinajstić information content (AvgIpc) is 2.87. The van der Waals surface area contributed by atoms with Gasteiger partial charge in [0.15, 0.2) is 0 Å². The van der Waals surface area contributed by atoms with Crippen molar-refractivity contribution in [1.29, 1.82) is 0 Å². The van der Waals surface area contributed by atoms with Gasteiger partial charge in [-0.3, -0.25) is 4.98 Å². The van der Waals surface area contributed by atoms with E-state index in [4.69, 9.17) is 4.98 Å². The number of hydrogen-bond acceptors (Lipinski definition) is 3. The van der Waals surface area contributed by atoms with Crippen LogP contribution in [0.1, 0.15) is 85.4 Å². The molecule has 1 aliphatic rings. The van der Waals surface area contributed by atoms with Crippen LogP contribution in [0.4, 0.5) is 4.39 Å². The van der Waals surface area contributed by atoms with Crippen LogP contribution >= 0.6 is 0 Å². The monoisotopic (exact) mass is 491 g/mol. The maximum atomic E-state index is 14.3. The van der Waals surface area contributed by atoms with Gasteiger partial charge in [0.1, 0.15) is 5.82 Å². The van der Waals surface area contributed by atoms with E-state index in [9.17, 15) is 4.39 Å². The predicted molar refractivity (Wildman–Crippen MR) is 152 cm³/mol. The Morgan fingerprint density at radius 2 is 1.94 bits per heavy atom. The average molecular weight is 492 g/mol. The largest absolute Gasteiger partial charge is 0.377 e. The standard InChI is InChI=1S/C32H46FN3/c1-8-10-11-16-36-17-14-30(15-18-36)35(7)22-27(9-2)29-20-28(26(6)34-21-29)19-24(4)32-23(3)12-13-31(33)25(32)5/h9,12-13,20-22,24,30H,2,8,10-11,14-19H2,1,3-7H3/b27-22+. The summed E-state index contributed by atoms with van der Waals surface area (Å²) in [6.07, 6.45) is 13.3. The summed E-state index contributed by atoms with van der Waals surface area (Å²) in [4.78, 5) is 9.73. The summed E-state index contributed by atoms with van der Waals surface area (Å²) >= 11 is 0. The van der Waals surface area contributed by atoms with E-state index >= 15 is 0 Å². The summed E-state index contributed by atoms with van der Waals surface area (Å²) in [5.41, 5.74) is 7.45. The van der Waals surface area contributed by atoms with E-state index in [1.54, 1.807) is 6.07 Å². The third-order valence-electron chi connectivity index (χ3n) is 7.98. The van der Waals surface area contributed by atoms with Gasteiger partial charge in [-0.25, -0.2) is 4.39 Å². The van der Waals surface area contributed by atoms with Gasteiger partial charge in [-0.05, 0) is 98.9 Å². The summed E-state index contributed by atoms with van der Waals surface area (Å²) in [5, 5.41) is 0. The number of hydrogen-bond donors (Lipinski definition) is 0. The number of pyridine rings is 1. The Balaban J connectivity index is 1.72. The van der Waals surface area contributed by atoms with Gasteiger partial charge in [-0.1, -0.05) is 45.4 Å². The summed E-state index contributed by atoms with van der Waals surface area (Å²) in [6, 6.07) is 6.27. The Hall–Kier alpha value is -2.46. The highest BCUT2D eigenvalue weighted by Gasteiger charge is 2.21. The Labute approximate surface area is 219 Å². The van der Waals surface area contributed by atoms with Crippen molar-refractivity contribution in [3.8, 4) is 0 Å². The molecular weight excluding hydrogens is 445 g/mol. The van der Waals surface area contributed by atoms with Gasteiger partial charge in [0.2, 0.25) is 0 Å². The van der Waals surface area contributed by atoms with Crippen molar-refractivity contribution >= 4 is 5.57 Å². The van der Waals surface area contributed by atoms with Crippen LogP contribution in [0.25, 0.3) is 5.57 Å². The molecule has 2 heterocycles. The predicted octanol–water partition coefficient (Wildman–Crippen LogP) is 7.61. The molecule has 3 nitrogen and oxygen atoms in total. The van der Waals surface area contributed by atoms with Gasteiger partial charge in [0, 0.05) is 49.8 Å². The molecule has 1 fully saturated rings. The van der Waals surface area contributed by atoms with Crippen LogP contribution in [-0.2, 0) is 6.42 Å². The number of allylic oxidation sites excluding steroid dienone is 2. The van der Waals surface area contributed by atoms with Crippen LogP contribution in [0.2, 0.25) is 0 Å². The van der Waals surface area contributed by atoms with Crippen LogP contribution in [0.5, 0.6) is 0 Å². The maximum absolute atomic E-state index is 14.3. The molecule has 0 N–H and O–H groups in total. The SMILES string of the molecule is C=C/C(=C\N(C)C1CCN(CCCCC)CC1)c1cnc(C)c(CC(C)c2c(C)ccc(F)c2C)c1. The number of unbranched alkanes of at least 4 members (excludes halogenated alkanes) is 2. The van der Waals surface area contributed by atoms with Crippen molar-refractivity contribution in [3.05, 3.63) is 82.6 Å². The molecule has 3 rings (SSSR count). The van der Waals surface area contributed by atoms with E-state index in [1.165, 1.54) is 57.3 Å². The molecule has 1 aromatic heterocycles. The second-order valence-electron chi connectivity index (χ2n) is 10.7. The van der Waals surface area contributed by atoms with Crippen molar-refractivity contribution in [3.63, 3.8) is 0 Å². The molecule has 1 aliphatic heterocycles. The van der Waals surface area contributed by atoms with Crippen LogP contribution in [-0.4, -0.2) is 47.5 Å². The highest BCUT2D eigenvalue weighted by atomic mass is 19.1. The minimum Gasteiger partial charge on any atom is -0.377 e. The van der Waals surface area contributed by atoms with E-state index < -0.39 is 0 Å². The lowest BCUT2D eigenvalue weighted by Gasteiger charge is -2.36. The van der Waals surface area contributed by atoms with Gasteiger partial charge < -0.3 is 9.80 Å². The smallest absolute Gasteiger partial charge is 0.126 e. The summed E-state index contributed by atoms with van der Waals surface area (Å²) in [6.45, 7) is 18.2. The fourth-order valence-electron chi connectivity index (χ4n) is 5.68. The first-order valence-corrected chi connectivity index (χ1v) is 13.7. The first-order valence-electron chi connectivity index (χ1n) is 13.7. The molecule has 0 radical (unpaired) electrons. The summed E-state index contributed by atoms with van der Waals surface area (Å²) in [5.74, 6) is 0.0792. The molecule has 0 aliphatic carbocycles. The van der Waals surface area contributed by atoms with Crippen LogP contribution in [0.3, 0.4) is 0 Å². The lowest BCUT2D eigenvalue weighted by molar-refractivity contribution is 0.154. The molecule has 36 heavy (non-hydrogen) atoms. The first-order chi connectivity index (χ1) is 17.2. The molecule has 0 saturated carbocycles. The van der Waals surface area contributed by atoms with E-state index in [0.29, 0.717) is 6.04 Å². The van der Waals surface area contributed by atoms with Crippen LogP contribution in [0, 0.1) is 26.6 Å². The van der Waals surface area contributed by atoms with Gasteiger partial charge in [-0.15, -0.1) is 0 Å². The number of benzene rings is 1. The Morgan fingerprint density at radius 1 is 1.22 bits per heavy atom. The fourth-order valence-corrected chi connectivity index (χ4v) is 5.68. The topological polar surface area (TPSA) is 19.4 Å². The number of likely N-dealkylation sites (tertiary alicyclic amines) is 1. The fraction of sp³-hybridized carbons (Fsp3) is 0.531. The zero-order chi connectivity index (χ0) is 26.2. The maximum Gasteiger partial charge on any atom is 0.126 e. The second kappa shape index (κ2) is 13.2. The zero-order valence-electron chi connectivity index (χ0n) is 23.4. The molecule has 1 aromatic carbocycles. The molecular formula is C32H46FN3. The van der Waals surface area contributed by atoms with Crippen molar-refractivity contribution < 1.29 is 4.39 Å². The quantitative estimate of drug-likeness (QED) is 0.238. The summed E-state index contributed by atoms with van der Waals surface area (Å²) < 4.78 is 14.3. The molecule has 0 amide bonds. The van der Waals surface area contributed by atoms with Gasteiger partial charge in [-0.2, -0.15) is 0 Å². The number of nitrogens with zero attached hydrogens (tertiary/aromatic N) is 3. The third-order valence-corrected chi connectivity index (χ3v) is 7.98. The van der Waals surface area contributed by atoms with Gasteiger partial charge in [0.25, 0.3) is 0 Å². The number of aryl methyl sites for hydroxylation is 2. The Bertz CT molecular complexity index is 1050. The molecule has 196 valence electrons. The number of halogens is 1. The number of rotatable bonds is 11. The van der Waals surface area contributed by atoms with E-state index in [0.717, 1.165) is 39.9 Å². The normalized spacial score (nSPS) is 16.2. The van der Waals surface area contributed by atoms with Crippen molar-refractivity contribution in [2.24, 2.45) is 0 Å². The Morgan fingerprint density at radius 3 is 2.61 bits per heavy atom. The van der Waals surface area contributed by atoms with Crippen molar-refractivity contribution in [2.75, 3.05) is 26.7 Å². The minimum atomic E-state index is -0.127. The molecule has 0 bridgehead atoms. The van der Waals surface area contributed by atoms with Crippen molar-refractivity contribution in [2.45, 2.75) is 85.1 Å². The zero-order valence-corrected chi connectivity index (χ0v) is 23.4.